The van der Waals surface area contributed by atoms with Crippen LogP contribution in [-0.4, -0.2) is 12.6 Å². The van der Waals surface area contributed by atoms with Gasteiger partial charge in [0.05, 0.1) is 5.38 Å². The lowest BCUT2D eigenvalue weighted by molar-refractivity contribution is -0.144. The Hall–Kier alpha value is -2.06. The molecule has 108 valence electrons. The van der Waals surface area contributed by atoms with Crippen molar-refractivity contribution in [1.82, 2.24) is 0 Å². The minimum atomic E-state index is -0.546. The van der Waals surface area contributed by atoms with Crippen LogP contribution in [0.1, 0.15) is 22.4 Å². The third-order valence-corrected chi connectivity index (χ3v) is 3.67. The van der Waals surface area contributed by atoms with Gasteiger partial charge in [-0.15, -0.1) is 11.6 Å². The Labute approximate surface area is 130 Å². The summed E-state index contributed by atoms with van der Waals surface area (Å²) < 4.78 is 5.21. The lowest BCUT2D eigenvalue weighted by Gasteiger charge is -2.21. The second kappa shape index (κ2) is 7.65. The molecule has 2 rings (SSSR count). The Balaban J connectivity index is 2.32. The van der Waals surface area contributed by atoms with Crippen molar-refractivity contribution in [3.05, 3.63) is 84.4 Å². The van der Waals surface area contributed by atoms with Crippen LogP contribution in [-0.2, 0) is 9.53 Å². The van der Waals surface area contributed by atoms with Crippen molar-refractivity contribution in [2.45, 2.75) is 11.3 Å². The molecule has 0 aromatic heterocycles. The second-order valence-electron chi connectivity index (χ2n) is 4.62. The molecule has 0 aliphatic rings. The molecule has 2 nitrogen and oxygen atoms in total. The first-order valence-corrected chi connectivity index (χ1v) is 7.19. The van der Waals surface area contributed by atoms with Crippen LogP contribution in [0.4, 0.5) is 0 Å². The minimum Gasteiger partial charge on any atom is -0.461 e. The summed E-state index contributed by atoms with van der Waals surface area (Å²) in [7, 11) is 0. The summed E-state index contributed by atoms with van der Waals surface area (Å²) in [4.78, 5) is 12.4. The average Bonchev–Trinajstić information content (AvgIpc) is 2.55. The molecule has 2 unspecified atom stereocenters. The lowest BCUT2D eigenvalue weighted by Crippen LogP contribution is -2.20. The molecule has 2 aromatic rings. The van der Waals surface area contributed by atoms with Gasteiger partial charge in [-0.25, -0.2) is 0 Å². The summed E-state index contributed by atoms with van der Waals surface area (Å²) >= 11 is 6.55. The fourth-order valence-electron chi connectivity index (χ4n) is 2.15. The topological polar surface area (TPSA) is 26.3 Å². The van der Waals surface area contributed by atoms with Crippen LogP contribution in [0.5, 0.6) is 0 Å². The van der Waals surface area contributed by atoms with Crippen molar-refractivity contribution in [3.63, 3.8) is 0 Å². The third-order valence-electron chi connectivity index (χ3n) is 3.17. The van der Waals surface area contributed by atoms with Crippen LogP contribution < -0.4 is 0 Å². The molecule has 3 heteroatoms. The highest BCUT2D eigenvalue weighted by molar-refractivity contribution is 6.22. The zero-order valence-corrected chi connectivity index (χ0v) is 12.4. The Morgan fingerprint density at radius 2 is 1.57 bits per heavy atom. The molecule has 0 radical (unpaired) electrons. The number of carbonyl (C=O) groups excluding carboxylic acids is 1. The molecule has 0 bridgehead atoms. The molecule has 2 atom stereocenters. The molecular formula is C18H17ClO2. The minimum absolute atomic E-state index is 0.181. The Kier molecular flexibility index (Phi) is 5.59. The van der Waals surface area contributed by atoms with Crippen molar-refractivity contribution in [2.75, 3.05) is 6.61 Å². The highest BCUT2D eigenvalue weighted by Gasteiger charge is 2.30. The highest BCUT2D eigenvalue weighted by Crippen LogP contribution is 2.37. The monoisotopic (exact) mass is 300 g/mol. The number of alkyl halides is 1. The van der Waals surface area contributed by atoms with Crippen LogP contribution in [0.3, 0.4) is 0 Å². The number of hydrogen-bond acceptors (Lipinski definition) is 2. The van der Waals surface area contributed by atoms with Gasteiger partial charge in [0.2, 0.25) is 0 Å². The number of halogens is 1. The predicted molar refractivity (Wildman–Crippen MR) is 85.4 cm³/mol. The third kappa shape index (κ3) is 3.96. The summed E-state index contributed by atoms with van der Waals surface area (Å²) in [5, 5.41) is -0.481. The fraction of sp³-hybridized carbons (Fsp3) is 0.167. The van der Waals surface area contributed by atoms with Crippen molar-refractivity contribution >= 4 is 17.6 Å². The zero-order valence-electron chi connectivity index (χ0n) is 11.6. The van der Waals surface area contributed by atoms with Gasteiger partial charge in [-0.05, 0) is 11.1 Å². The van der Waals surface area contributed by atoms with Gasteiger partial charge in [-0.3, -0.25) is 4.79 Å². The number of esters is 1. The first-order chi connectivity index (χ1) is 10.2. The van der Waals surface area contributed by atoms with Gasteiger partial charge >= 0.3 is 5.97 Å². The van der Waals surface area contributed by atoms with Gasteiger partial charge in [-0.1, -0.05) is 73.3 Å². The number of ether oxygens (including phenoxy) is 1. The van der Waals surface area contributed by atoms with Crippen molar-refractivity contribution < 1.29 is 9.53 Å². The van der Waals surface area contributed by atoms with E-state index in [0.29, 0.717) is 0 Å². The van der Waals surface area contributed by atoms with Crippen LogP contribution in [0.15, 0.2) is 73.3 Å². The van der Waals surface area contributed by atoms with E-state index in [2.05, 4.69) is 6.58 Å². The maximum Gasteiger partial charge on any atom is 0.315 e. The molecule has 0 fully saturated rings. The van der Waals surface area contributed by atoms with Gasteiger partial charge in [-0.2, -0.15) is 0 Å². The van der Waals surface area contributed by atoms with E-state index < -0.39 is 11.3 Å². The average molecular weight is 301 g/mol. The van der Waals surface area contributed by atoms with Crippen LogP contribution in [0, 0.1) is 0 Å². The summed E-state index contributed by atoms with van der Waals surface area (Å²) in [5.41, 5.74) is 1.74. The van der Waals surface area contributed by atoms with Gasteiger partial charge in [0.25, 0.3) is 0 Å². The number of hydrogen-bond donors (Lipinski definition) is 0. The molecule has 0 N–H and O–H groups in total. The molecule has 0 amide bonds. The van der Waals surface area contributed by atoms with Crippen molar-refractivity contribution in [1.29, 1.82) is 0 Å². The summed E-state index contributed by atoms with van der Waals surface area (Å²) in [6.45, 7) is 3.74. The highest BCUT2D eigenvalue weighted by atomic mass is 35.5. The van der Waals surface area contributed by atoms with E-state index in [1.807, 2.05) is 60.7 Å². The molecule has 0 saturated heterocycles. The predicted octanol–water partition coefficient (Wildman–Crippen LogP) is 4.48. The SMILES string of the molecule is C=CCOC(=O)C(c1ccccc1)C(Cl)c1ccccc1. The largest absolute Gasteiger partial charge is 0.461 e. The van der Waals surface area contributed by atoms with Gasteiger partial charge < -0.3 is 4.74 Å². The number of benzene rings is 2. The molecule has 21 heavy (non-hydrogen) atoms. The summed E-state index contributed by atoms with van der Waals surface area (Å²) in [5.74, 6) is -0.889. The van der Waals surface area contributed by atoms with E-state index >= 15 is 0 Å². The molecule has 2 aromatic carbocycles. The van der Waals surface area contributed by atoms with E-state index in [1.54, 1.807) is 6.08 Å². The van der Waals surface area contributed by atoms with Crippen molar-refractivity contribution in [2.24, 2.45) is 0 Å². The van der Waals surface area contributed by atoms with E-state index in [9.17, 15) is 4.79 Å². The van der Waals surface area contributed by atoms with Crippen LogP contribution in [0.2, 0.25) is 0 Å². The molecule has 0 spiro atoms. The molecule has 0 aliphatic carbocycles. The molecule has 0 aliphatic heterocycles. The Morgan fingerprint density at radius 3 is 2.10 bits per heavy atom. The second-order valence-corrected chi connectivity index (χ2v) is 5.09. The number of rotatable bonds is 6. The zero-order chi connectivity index (χ0) is 15.1. The molecular weight excluding hydrogens is 284 g/mol. The van der Waals surface area contributed by atoms with Gasteiger partial charge in [0, 0.05) is 0 Å². The van der Waals surface area contributed by atoms with Gasteiger partial charge in [0.15, 0.2) is 0 Å². The van der Waals surface area contributed by atoms with E-state index in [4.69, 9.17) is 16.3 Å². The Bertz CT molecular complexity index is 581. The standard InChI is InChI=1S/C18H17ClO2/c1-2-13-21-18(20)16(14-9-5-3-6-10-14)17(19)15-11-7-4-8-12-15/h2-12,16-17H,1,13H2. The summed E-state index contributed by atoms with van der Waals surface area (Å²) in [6, 6.07) is 19.0. The van der Waals surface area contributed by atoms with E-state index in [1.165, 1.54) is 0 Å². The van der Waals surface area contributed by atoms with E-state index in [0.717, 1.165) is 11.1 Å². The van der Waals surface area contributed by atoms with Crippen LogP contribution >= 0.6 is 11.6 Å². The van der Waals surface area contributed by atoms with Crippen molar-refractivity contribution in [3.8, 4) is 0 Å². The maximum absolute atomic E-state index is 12.4. The van der Waals surface area contributed by atoms with Crippen LogP contribution in [0.25, 0.3) is 0 Å². The van der Waals surface area contributed by atoms with Gasteiger partial charge in [0.1, 0.15) is 12.5 Å². The molecule has 0 saturated carbocycles. The lowest BCUT2D eigenvalue weighted by atomic mass is 9.91. The smallest absolute Gasteiger partial charge is 0.315 e. The summed E-state index contributed by atoms with van der Waals surface area (Å²) in [6.07, 6.45) is 1.55. The maximum atomic E-state index is 12.4. The fourth-order valence-corrected chi connectivity index (χ4v) is 2.54. The Morgan fingerprint density at radius 1 is 1.05 bits per heavy atom. The van der Waals surface area contributed by atoms with E-state index in [-0.39, 0.29) is 12.6 Å². The normalized spacial score (nSPS) is 13.2. The molecule has 0 heterocycles. The number of carbonyl (C=O) groups is 1. The first-order valence-electron chi connectivity index (χ1n) is 6.75. The first kappa shape index (κ1) is 15.3. The quantitative estimate of drug-likeness (QED) is 0.447.